The van der Waals surface area contributed by atoms with Gasteiger partial charge in [0.2, 0.25) is 5.91 Å². The van der Waals surface area contributed by atoms with Gasteiger partial charge in [-0.25, -0.2) is 19.0 Å². The van der Waals surface area contributed by atoms with Crippen molar-refractivity contribution in [1.29, 1.82) is 5.26 Å². The second-order valence-corrected chi connectivity index (χ2v) is 16.0. The van der Waals surface area contributed by atoms with Crippen LogP contribution in [0.1, 0.15) is 67.6 Å². The van der Waals surface area contributed by atoms with E-state index in [4.69, 9.17) is 48.6 Å². The smallest absolute Gasteiger partial charge is 0.335 e. The van der Waals surface area contributed by atoms with E-state index >= 15 is 4.39 Å². The fraction of sp³-hybridized carbons (Fsp3) is 0.462. The van der Waals surface area contributed by atoms with E-state index in [1.165, 1.54) is 5.69 Å². The number of carbonyl (C=O) groups is 3. The molecule has 1 amide bonds. The summed E-state index contributed by atoms with van der Waals surface area (Å²) in [5.74, 6) is -2.42. The number of pyridine rings is 1. The molecule has 282 valence electrons. The van der Waals surface area contributed by atoms with Crippen LogP contribution in [0, 0.1) is 41.8 Å². The summed E-state index contributed by atoms with van der Waals surface area (Å²) in [5.41, 5.74) is 4.79. The third kappa shape index (κ3) is 5.99. The summed E-state index contributed by atoms with van der Waals surface area (Å²) in [6.07, 6.45) is 1.30. The Morgan fingerprint density at radius 2 is 1.78 bits per heavy atom. The van der Waals surface area contributed by atoms with Gasteiger partial charge in [-0.3, -0.25) is 4.79 Å². The number of fused-ring (bicyclic) bond motifs is 5. The van der Waals surface area contributed by atoms with Crippen LogP contribution in [0.2, 0.25) is 10.0 Å². The van der Waals surface area contributed by atoms with Crippen LogP contribution in [0.25, 0.3) is 32.9 Å². The van der Waals surface area contributed by atoms with Crippen molar-refractivity contribution < 1.29 is 39.2 Å². The van der Waals surface area contributed by atoms with Crippen molar-refractivity contribution >= 4 is 62.9 Å². The molecule has 0 radical (unpaired) electrons. The predicted octanol–water partition coefficient (Wildman–Crippen LogP) is 5.55. The molecule has 3 aliphatic carbocycles. The lowest BCUT2D eigenvalue weighted by atomic mass is 9.79. The number of piperidine rings is 1. The van der Waals surface area contributed by atoms with E-state index in [9.17, 15) is 19.6 Å². The number of nitrogens with one attached hydrogen (secondary N) is 1. The Bertz CT molecular complexity index is 2260. The van der Waals surface area contributed by atoms with Crippen molar-refractivity contribution in [3.8, 4) is 17.2 Å². The molecule has 4 aromatic rings. The van der Waals surface area contributed by atoms with Gasteiger partial charge in [-0.2, -0.15) is 5.26 Å². The number of likely N-dealkylation sites (tertiary alicyclic amines) is 1. The van der Waals surface area contributed by atoms with Crippen molar-refractivity contribution in [2.45, 2.75) is 88.2 Å². The van der Waals surface area contributed by atoms with Crippen LogP contribution in [0.5, 0.6) is 0 Å². The number of hydrogen-bond donors (Lipinski definition) is 5. The van der Waals surface area contributed by atoms with Crippen LogP contribution >= 0.6 is 23.2 Å². The molecule has 8 atom stereocenters. The predicted molar refractivity (Wildman–Crippen MR) is 196 cm³/mol. The summed E-state index contributed by atoms with van der Waals surface area (Å²) in [7, 11) is 0. The largest absolute Gasteiger partial charge is 0.479 e. The Balaban J connectivity index is 0.000000366. The number of aliphatic hydroxyl groups is 2. The lowest BCUT2D eigenvalue weighted by molar-refractivity contribution is -0.165. The second-order valence-electron chi connectivity index (χ2n) is 15.2. The van der Waals surface area contributed by atoms with Crippen LogP contribution in [0.3, 0.4) is 0 Å². The molecule has 0 spiro atoms. The lowest BCUT2D eigenvalue weighted by Crippen LogP contribution is -2.41. The van der Waals surface area contributed by atoms with Gasteiger partial charge in [-0.05, 0) is 81.0 Å². The number of aromatic nitrogens is 2. The van der Waals surface area contributed by atoms with Crippen molar-refractivity contribution in [3.05, 3.63) is 63.1 Å². The van der Waals surface area contributed by atoms with Crippen LogP contribution in [-0.2, 0) is 20.8 Å². The molecule has 2 aromatic carbocycles. The zero-order valence-electron chi connectivity index (χ0n) is 29.2. The summed E-state index contributed by atoms with van der Waals surface area (Å²) in [6, 6.07) is 12.7. The molecular weight excluding hydrogens is 740 g/mol. The summed E-state index contributed by atoms with van der Waals surface area (Å²) in [4.78, 5) is 40.3. The number of aliphatic hydroxyl groups excluding tert-OH is 2. The highest BCUT2D eigenvalue weighted by Crippen LogP contribution is 2.57. The Morgan fingerprint density at radius 1 is 1.06 bits per heavy atom. The molecule has 3 aliphatic heterocycles. The number of rotatable bonds is 9. The number of aryl methyl sites for hydroxylation is 2. The minimum absolute atomic E-state index is 0.0288. The number of carboxylic acid groups (broad SMARTS) is 2. The van der Waals surface area contributed by atoms with Crippen LogP contribution < -0.4 is 5.32 Å². The molecule has 3 saturated carbocycles. The number of amides is 1. The molecule has 5 heterocycles. The highest BCUT2D eigenvalue weighted by atomic mass is 35.5. The number of nitrogens with zero attached hydrogens (tertiary/aromatic N) is 4. The lowest BCUT2D eigenvalue weighted by Gasteiger charge is -2.40. The summed E-state index contributed by atoms with van der Waals surface area (Å²) >= 11 is 13.0. The Labute approximate surface area is 319 Å². The van der Waals surface area contributed by atoms with E-state index in [2.05, 4.69) is 26.9 Å². The Kier molecular flexibility index (Phi) is 9.34. The zero-order chi connectivity index (χ0) is 38.3. The summed E-state index contributed by atoms with van der Waals surface area (Å²) < 4.78 is 19.4. The first-order chi connectivity index (χ1) is 25.8. The van der Waals surface area contributed by atoms with Crippen LogP contribution in [0.4, 0.5) is 4.39 Å². The Morgan fingerprint density at radius 3 is 2.39 bits per heavy atom. The number of aliphatic carboxylic acids is 2. The first-order valence-electron chi connectivity index (χ1n) is 18.2. The third-order valence-corrected chi connectivity index (χ3v) is 12.7. The number of nitriles is 1. The van der Waals surface area contributed by atoms with Crippen molar-refractivity contribution in [2.75, 3.05) is 6.54 Å². The van der Waals surface area contributed by atoms with Gasteiger partial charge >= 0.3 is 11.9 Å². The summed E-state index contributed by atoms with van der Waals surface area (Å²) in [6.45, 7) is 2.92. The van der Waals surface area contributed by atoms with Crippen molar-refractivity contribution in [2.24, 2.45) is 17.8 Å². The monoisotopic (exact) mass is 777 g/mol. The molecule has 3 saturated heterocycles. The quantitative estimate of drug-likeness (QED) is 0.144. The van der Waals surface area contributed by atoms with E-state index in [1.54, 1.807) is 18.2 Å². The topological polar surface area (TPSA) is 189 Å². The number of carbonyl (C=O) groups excluding carboxylic acids is 1. The number of carboxylic acids is 2. The number of halogens is 3. The SMILES string of the molecule is Cc1nc2c(F)c(-c3cccc(Cl)c3Cl)c(CCC#N)cc2c2c1cc([C@H]1C[C@H]3C[C@H]3N1C(=O)C1CC1)n2[C@H]1[C@H]2CN[C@@H]1C2.O=C(O)[C@H](O)[C@@H](O)C(=O)O. The first-order valence-corrected chi connectivity index (χ1v) is 18.9. The molecule has 0 unspecified atom stereocenters. The third-order valence-electron chi connectivity index (χ3n) is 11.9. The molecule has 54 heavy (non-hydrogen) atoms. The van der Waals surface area contributed by atoms with E-state index in [-0.39, 0.29) is 29.4 Å². The van der Waals surface area contributed by atoms with Crippen molar-refractivity contribution in [1.82, 2.24) is 19.8 Å². The molecule has 10 rings (SSSR count). The van der Waals surface area contributed by atoms with Crippen molar-refractivity contribution in [3.63, 3.8) is 0 Å². The van der Waals surface area contributed by atoms with Gasteiger partial charge in [0.15, 0.2) is 18.0 Å². The van der Waals surface area contributed by atoms with E-state index < -0.39 is 30.0 Å². The van der Waals surface area contributed by atoms with Gasteiger partial charge in [0, 0.05) is 64.3 Å². The standard InChI is InChI=1S/C35H32Cl2FN5O.C4H6O6/c1-16-22-14-28(27-13-19-12-26(19)42(27)35(44)17-7-8-17)43(33-20-11-25(33)40-15-20)34(22)23-10-18(4-3-9-39)29(31(38)32(23)41-16)21-5-2-6-24(36)30(21)37;5-1(3(7)8)2(6)4(9)10/h2,5-6,10,14,17,19-20,25-27,33,40H,3-4,7-8,11-13,15H2,1H3;1-2,5-6H,(H,7,8)(H,9,10)/t19-,20-,25-,26-,27-,33+;1-,2-/m11/s1. The van der Waals surface area contributed by atoms with Gasteiger partial charge in [0.25, 0.3) is 0 Å². The maximum absolute atomic E-state index is 17.0. The maximum atomic E-state index is 17.0. The van der Waals surface area contributed by atoms with E-state index in [0.717, 1.165) is 60.6 Å². The Hall–Kier alpha value is -4.32. The molecule has 12 nitrogen and oxygen atoms in total. The van der Waals surface area contributed by atoms with Crippen LogP contribution in [0.15, 0.2) is 30.3 Å². The van der Waals surface area contributed by atoms with Gasteiger partial charge in [-0.15, -0.1) is 0 Å². The first kappa shape index (κ1) is 36.6. The molecule has 2 aromatic heterocycles. The molecule has 6 fully saturated rings. The fourth-order valence-corrected chi connectivity index (χ4v) is 9.34. The number of hydrogen-bond acceptors (Lipinski definition) is 8. The average molecular weight is 779 g/mol. The van der Waals surface area contributed by atoms with E-state index in [0.29, 0.717) is 63.5 Å². The molecule has 5 N–H and O–H groups in total. The van der Waals surface area contributed by atoms with Gasteiger partial charge < -0.3 is 35.2 Å². The maximum Gasteiger partial charge on any atom is 0.335 e. The fourth-order valence-electron chi connectivity index (χ4n) is 8.95. The van der Waals surface area contributed by atoms with E-state index in [1.807, 2.05) is 13.0 Å². The second kappa shape index (κ2) is 13.8. The molecule has 15 heteroatoms. The van der Waals surface area contributed by atoms with Gasteiger partial charge in [-0.1, -0.05) is 35.3 Å². The van der Waals surface area contributed by atoms with Gasteiger partial charge in [0.05, 0.1) is 33.7 Å². The van der Waals surface area contributed by atoms with Crippen LogP contribution in [-0.4, -0.2) is 83.6 Å². The normalized spacial score (nSPS) is 26.1. The summed E-state index contributed by atoms with van der Waals surface area (Å²) in [5, 5.41) is 48.1. The molecular formula is C39H38Cl2FN5O7. The average Bonchev–Trinajstić information content (AvgIpc) is 3.92. The number of benzene rings is 2. The molecule has 2 bridgehead atoms. The zero-order valence-corrected chi connectivity index (χ0v) is 30.7. The van der Waals surface area contributed by atoms with Gasteiger partial charge in [0.1, 0.15) is 5.52 Å². The highest BCUT2D eigenvalue weighted by molar-refractivity contribution is 6.43. The minimum Gasteiger partial charge on any atom is -0.479 e. The minimum atomic E-state index is -2.27. The molecule has 6 aliphatic rings. The highest BCUT2D eigenvalue weighted by Gasteiger charge is 2.58.